The number of hydrogen-bond acceptors (Lipinski definition) is 3. The minimum Gasteiger partial charge on any atom is -0.334 e. The summed E-state index contributed by atoms with van der Waals surface area (Å²) in [5.41, 5.74) is 3.46. The number of piperidine rings is 1. The summed E-state index contributed by atoms with van der Waals surface area (Å²) in [5.74, 6) is 0.527. The van der Waals surface area contributed by atoms with Crippen LogP contribution in [0.25, 0.3) is 0 Å². The van der Waals surface area contributed by atoms with Gasteiger partial charge < -0.3 is 10.2 Å². The van der Waals surface area contributed by atoms with Crippen LogP contribution >= 0.6 is 0 Å². The van der Waals surface area contributed by atoms with Crippen molar-refractivity contribution in [3.8, 4) is 0 Å². The molecule has 6 heteroatoms. The third-order valence-corrected chi connectivity index (χ3v) is 4.88. The Morgan fingerprint density at radius 1 is 1.28 bits per heavy atom. The van der Waals surface area contributed by atoms with E-state index in [0.29, 0.717) is 12.5 Å². The first kappa shape index (κ1) is 17.5. The molecule has 6 nitrogen and oxygen atoms in total. The van der Waals surface area contributed by atoms with E-state index in [4.69, 9.17) is 0 Å². The van der Waals surface area contributed by atoms with E-state index in [0.717, 1.165) is 37.3 Å². The number of rotatable bonds is 4. The van der Waals surface area contributed by atoms with Crippen LogP contribution in [0.2, 0.25) is 0 Å². The van der Waals surface area contributed by atoms with Crippen molar-refractivity contribution in [1.82, 2.24) is 25.0 Å². The molecule has 2 aromatic heterocycles. The summed E-state index contributed by atoms with van der Waals surface area (Å²) in [6.07, 6.45) is 5.69. The number of likely N-dealkylation sites (tertiary alicyclic amines) is 1. The smallest absolute Gasteiger partial charge is 0.317 e. The molecule has 0 aliphatic carbocycles. The molecule has 1 aliphatic heterocycles. The van der Waals surface area contributed by atoms with Gasteiger partial charge in [0.05, 0.1) is 12.2 Å². The van der Waals surface area contributed by atoms with Gasteiger partial charge in [0.1, 0.15) is 0 Å². The third-order valence-electron chi connectivity index (χ3n) is 4.88. The maximum atomic E-state index is 12.5. The highest BCUT2D eigenvalue weighted by Gasteiger charge is 2.24. The largest absolute Gasteiger partial charge is 0.334 e. The van der Waals surface area contributed by atoms with Gasteiger partial charge >= 0.3 is 6.03 Å². The Kier molecular flexibility index (Phi) is 5.36. The molecular formula is C19H27N5O. The van der Waals surface area contributed by atoms with Gasteiger partial charge in [-0.1, -0.05) is 0 Å². The molecule has 0 bridgehead atoms. The molecule has 25 heavy (non-hydrogen) atoms. The Morgan fingerprint density at radius 2 is 1.96 bits per heavy atom. The summed E-state index contributed by atoms with van der Waals surface area (Å²) < 4.78 is 1.95. The lowest BCUT2D eigenvalue weighted by molar-refractivity contribution is 0.177. The first-order valence-electron chi connectivity index (χ1n) is 8.99. The van der Waals surface area contributed by atoms with E-state index in [1.165, 1.54) is 5.56 Å². The highest BCUT2D eigenvalue weighted by molar-refractivity contribution is 5.74. The topological polar surface area (TPSA) is 63.1 Å². The van der Waals surface area contributed by atoms with Crippen LogP contribution < -0.4 is 5.32 Å². The summed E-state index contributed by atoms with van der Waals surface area (Å²) in [7, 11) is 0. The Labute approximate surface area is 149 Å². The molecule has 3 heterocycles. The normalized spacial score (nSPS) is 16.7. The number of aryl methyl sites for hydroxylation is 2. The maximum absolute atomic E-state index is 12.5. The summed E-state index contributed by atoms with van der Waals surface area (Å²) in [6.45, 7) is 8.34. The van der Waals surface area contributed by atoms with E-state index in [1.54, 1.807) is 0 Å². The van der Waals surface area contributed by atoms with Crippen LogP contribution in [-0.2, 0) is 6.54 Å². The van der Waals surface area contributed by atoms with Crippen molar-refractivity contribution >= 4 is 6.03 Å². The predicted octanol–water partition coefficient (Wildman–Crippen LogP) is 2.87. The minimum absolute atomic E-state index is 0.0298. The molecule has 3 rings (SSSR count). The van der Waals surface area contributed by atoms with Crippen LogP contribution in [0.15, 0.2) is 30.6 Å². The number of carbonyl (C=O) groups is 1. The monoisotopic (exact) mass is 341 g/mol. The van der Waals surface area contributed by atoms with E-state index in [9.17, 15) is 4.79 Å². The molecular weight excluding hydrogens is 314 g/mol. The van der Waals surface area contributed by atoms with Gasteiger partial charge in [-0.15, -0.1) is 0 Å². The Balaban J connectivity index is 1.48. The van der Waals surface area contributed by atoms with Crippen LogP contribution in [0, 0.1) is 13.8 Å². The summed E-state index contributed by atoms with van der Waals surface area (Å²) in [4.78, 5) is 18.5. The standard InChI is InChI=1S/C19H27N5O/c1-14-12-16(3)24(22-14)13-15(2)21-19(25)23-10-6-18(7-11-23)17-4-8-20-9-5-17/h4-5,8-9,12,15,18H,6-7,10-11,13H2,1-3H3,(H,21,25)/t15-/m1/s1. The molecule has 0 spiro atoms. The highest BCUT2D eigenvalue weighted by Crippen LogP contribution is 2.27. The molecule has 0 saturated carbocycles. The molecule has 1 fully saturated rings. The van der Waals surface area contributed by atoms with Gasteiger partial charge in [0.2, 0.25) is 0 Å². The number of pyridine rings is 1. The van der Waals surface area contributed by atoms with Crippen molar-refractivity contribution in [3.05, 3.63) is 47.5 Å². The average Bonchev–Trinajstić information content (AvgIpc) is 2.92. The zero-order valence-corrected chi connectivity index (χ0v) is 15.3. The zero-order chi connectivity index (χ0) is 17.8. The number of urea groups is 1. The minimum atomic E-state index is 0.0298. The van der Waals surface area contributed by atoms with Crippen LogP contribution in [0.5, 0.6) is 0 Å². The Hall–Kier alpha value is -2.37. The van der Waals surface area contributed by atoms with Gasteiger partial charge in [-0.2, -0.15) is 5.10 Å². The number of carbonyl (C=O) groups excluding carboxylic acids is 1. The lowest BCUT2D eigenvalue weighted by Gasteiger charge is -2.33. The van der Waals surface area contributed by atoms with Crippen molar-refractivity contribution in [2.24, 2.45) is 0 Å². The maximum Gasteiger partial charge on any atom is 0.317 e. The summed E-state index contributed by atoms with van der Waals surface area (Å²) in [6, 6.07) is 6.29. The lowest BCUT2D eigenvalue weighted by Crippen LogP contribution is -2.48. The van der Waals surface area contributed by atoms with Crippen molar-refractivity contribution in [3.63, 3.8) is 0 Å². The quantitative estimate of drug-likeness (QED) is 0.930. The van der Waals surface area contributed by atoms with E-state index >= 15 is 0 Å². The first-order valence-corrected chi connectivity index (χ1v) is 8.99. The average molecular weight is 341 g/mol. The number of amides is 2. The number of nitrogens with one attached hydrogen (secondary N) is 1. The number of aromatic nitrogens is 3. The summed E-state index contributed by atoms with van der Waals surface area (Å²) in [5, 5.41) is 7.57. The molecule has 1 saturated heterocycles. The Morgan fingerprint density at radius 3 is 2.56 bits per heavy atom. The van der Waals surface area contributed by atoms with Gasteiger partial charge in [-0.3, -0.25) is 9.67 Å². The molecule has 134 valence electrons. The van der Waals surface area contributed by atoms with Crippen molar-refractivity contribution < 1.29 is 4.79 Å². The van der Waals surface area contributed by atoms with Crippen LogP contribution in [-0.4, -0.2) is 44.8 Å². The van der Waals surface area contributed by atoms with Crippen LogP contribution in [0.4, 0.5) is 4.79 Å². The molecule has 1 atom stereocenters. The molecule has 0 radical (unpaired) electrons. The predicted molar refractivity (Wildman–Crippen MR) is 97.5 cm³/mol. The van der Waals surface area contributed by atoms with Gasteiger partial charge in [-0.05, 0) is 63.3 Å². The van der Waals surface area contributed by atoms with E-state index in [-0.39, 0.29) is 12.1 Å². The molecule has 2 aromatic rings. The molecule has 1 aliphatic rings. The second-order valence-electron chi connectivity index (χ2n) is 7.00. The van der Waals surface area contributed by atoms with E-state index in [2.05, 4.69) is 33.6 Å². The van der Waals surface area contributed by atoms with Gasteiger partial charge in [-0.25, -0.2) is 4.79 Å². The molecule has 0 unspecified atom stereocenters. The van der Waals surface area contributed by atoms with Gasteiger partial charge in [0, 0.05) is 37.2 Å². The molecule has 0 aromatic carbocycles. The third kappa shape index (κ3) is 4.38. The van der Waals surface area contributed by atoms with Crippen molar-refractivity contribution in [2.45, 2.75) is 52.1 Å². The fourth-order valence-electron chi connectivity index (χ4n) is 3.52. The SMILES string of the molecule is Cc1cc(C)n(C[C@@H](C)NC(=O)N2CCC(c3ccncc3)CC2)n1. The van der Waals surface area contributed by atoms with Crippen LogP contribution in [0.1, 0.15) is 42.6 Å². The van der Waals surface area contributed by atoms with Crippen molar-refractivity contribution in [1.29, 1.82) is 0 Å². The molecule has 1 N–H and O–H groups in total. The summed E-state index contributed by atoms with van der Waals surface area (Å²) >= 11 is 0. The second kappa shape index (κ2) is 7.68. The van der Waals surface area contributed by atoms with E-state index < -0.39 is 0 Å². The Bertz CT molecular complexity index is 704. The van der Waals surface area contributed by atoms with Crippen molar-refractivity contribution in [2.75, 3.05) is 13.1 Å². The first-order chi connectivity index (χ1) is 12.0. The zero-order valence-electron chi connectivity index (χ0n) is 15.3. The van der Waals surface area contributed by atoms with Gasteiger partial charge in [0.25, 0.3) is 0 Å². The van der Waals surface area contributed by atoms with Crippen LogP contribution in [0.3, 0.4) is 0 Å². The van der Waals surface area contributed by atoms with E-state index in [1.807, 2.05) is 42.7 Å². The second-order valence-corrected chi connectivity index (χ2v) is 7.00. The fourth-order valence-corrected chi connectivity index (χ4v) is 3.52. The van der Waals surface area contributed by atoms with Gasteiger partial charge in [0.15, 0.2) is 0 Å². The highest BCUT2D eigenvalue weighted by atomic mass is 16.2. The lowest BCUT2D eigenvalue weighted by atomic mass is 9.90. The fraction of sp³-hybridized carbons (Fsp3) is 0.526. The number of nitrogens with zero attached hydrogens (tertiary/aromatic N) is 4. The molecule has 2 amide bonds. The number of hydrogen-bond donors (Lipinski definition) is 1.